The van der Waals surface area contributed by atoms with Gasteiger partial charge in [0.2, 0.25) is 5.91 Å². The van der Waals surface area contributed by atoms with Crippen molar-refractivity contribution in [1.82, 2.24) is 19.9 Å². The predicted molar refractivity (Wildman–Crippen MR) is 114 cm³/mol. The number of cyclic esters (lactones) is 1. The Morgan fingerprint density at radius 1 is 1.32 bits per heavy atom. The second-order valence-corrected chi connectivity index (χ2v) is 7.98. The highest BCUT2D eigenvalue weighted by molar-refractivity contribution is 7.98. The van der Waals surface area contributed by atoms with Crippen LogP contribution < -0.4 is 10.2 Å². The van der Waals surface area contributed by atoms with E-state index in [4.69, 9.17) is 4.74 Å². The number of benzene rings is 1. The van der Waals surface area contributed by atoms with Crippen molar-refractivity contribution in [2.75, 3.05) is 18.0 Å². The van der Waals surface area contributed by atoms with Crippen LogP contribution in [-0.2, 0) is 15.3 Å². The molecule has 8 nitrogen and oxygen atoms in total. The monoisotopic (exact) mass is 441 g/mol. The van der Waals surface area contributed by atoms with Crippen LogP contribution in [-0.4, -0.2) is 45.7 Å². The number of aromatic nitrogens is 3. The first-order valence-corrected chi connectivity index (χ1v) is 10.6. The molecule has 31 heavy (non-hydrogen) atoms. The molecule has 4 rings (SSSR count). The van der Waals surface area contributed by atoms with Crippen molar-refractivity contribution >= 4 is 29.4 Å². The van der Waals surface area contributed by atoms with Crippen molar-refractivity contribution in [1.29, 1.82) is 0 Å². The van der Waals surface area contributed by atoms with Gasteiger partial charge in [0.25, 0.3) is 0 Å². The molecule has 3 aromatic rings. The molecule has 1 unspecified atom stereocenters. The number of thioether (sulfide) groups is 1. The van der Waals surface area contributed by atoms with E-state index in [9.17, 15) is 14.0 Å². The van der Waals surface area contributed by atoms with E-state index in [1.165, 1.54) is 17.9 Å². The van der Waals surface area contributed by atoms with Crippen LogP contribution in [0.25, 0.3) is 5.69 Å². The maximum atomic E-state index is 14.8. The molecule has 0 radical (unpaired) electrons. The normalized spacial score (nSPS) is 15.7. The number of pyridine rings is 1. The summed E-state index contributed by atoms with van der Waals surface area (Å²) in [5.74, 6) is -0.0448. The Bertz CT molecular complexity index is 1090. The van der Waals surface area contributed by atoms with Crippen LogP contribution >= 0.6 is 11.8 Å². The summed E-state index contributed by atoms with van der Waals surface area (Å²) in [7, 11) is 0. The van der Waals surface area contributed by atoms with Crippen LogP contribution in [0.15, 0.2) is 60.1 Å². The molecule has 0 aliphatic carbocycles. The lowest BCUT2D eigenvalue weighted by Gasteiger charge is -2.14. The molecule has 1 aliphatic heterocycles. The summed E-state index contributed by atoms with van der Waals surface area (Å²) in [6.07, 6.45) is 5.76. The smallest absolute Gasteiger partial charge is 0.414 e. The number of hydrogen-bond acceptors (Lipinski definition) is 6. The minimum Gasteiger partial charge on any atom is -0.442 e. The number of halogens is 1. The lowest BCUT2D eigenvalue weighted by Crippen LogP contribution is -2.33. The maximum Gasteiger partial charge on any atom is 0.414 e. The lowest BCUT2D eigenvalue weighted by atomic mass is 10.2. The van der Waals surface area contributed by atoms with Gasteiger partial charge < -0.3 is 14.6 Å². The highest BCUT2D eigenvalue weighted by Gasteiger charge is 2.32. The Morgan fingerprint density at radius 2 is 2.13 bits per heavy atom. The Kier molecular flexibility index (Phi) is 6.17. The molecule has 10 heteroatoms. The number of nitrogens with one attached hydrogen (secondary N) is 1. The SMILES string of the molecule is CC(=O)NCC1CN(c2ccc(-n3cnc(CSc4ccncc4)c3)c(F)c2)C(=O)O1. The van der Waals surface area contributed by atoms with Crippen LogP contribution in [0.5, 0.6) is 0 Å². The van der Waals surface area contributed by atoms with E-state index in [-0.39, 0.29) is 19.0 Å². The molecule has 0 saturated carbocycles. The number of ether oxygens (including phenoxy) is 1. The van der Waals surface area contributed by atoms with Crippen molar-refractivity contribution in [2.24, 2.45) is 0 Å². The van der Waals surface area contributed by atoms with E-state index < -0.39 is 18.0 Å². The summed E-state index contributed by atoms with van der Waals surface area (Å²) in [5, 5.41) is 2.61. The molecule has 1 atom stereocenters. The largest absolute Gasteiger partial charge is 0.442 e. The molecule has 2 aromatic heterocycles. The van der Waals surface area contributed by atoms with Crippen LogP contribution in [0.4, 0.5) is 14.9 Å². The van der Waals surface area contributed by atoms with E-state index in [0.29, 0.717) is 17.1 Å². The number of nitrogens with zero attached hydrogens (tertiary/aromatic N) is 4. The van der Waals surface area contributed by atoms with Gasteiger partial charge in [0, 0.05) is 36.2 Å². The van der Waals surface area contributed by atoms with Gasteiger partial charge in [0.05, 0.1) is 36.5 Å². The first kappa shape index (κ1) is 20.9. The Labute approximate surface area is 182 Å². The van der Waals surface area contributed by atoms with E-state index in [2.05, 4.69) is 15.3 Å². The van der Waals surface area contributed by atoms with Crippen LogP contribution in [0.1, 0.15) is 12.6 Å². The Hall–Kier alpha value is -3.40. The fraction of sp³-hybridized carbons (Fsp3) is 0.238. The van der Waals surface area contributed by atoms with Gasteiger partial charge >= 0.3 is 6.09 Å². The van der Waals surface area contributed by atoms with Crippen LogP contribution in [0.2, 0.25) is 0 Å². The third-order valence-electron chi connectivity index (χ3n) is 4.65. The van der Waals surface area contributed by atoms with Gasteiger partial charge in [-0.25, -0.2) is 14.2 Å². The zero-order valence-corrected chi connectivity index (χ0v) is 17.5. The van der Waals surface area contributed by atoms with Crippen LogP contribution in [0, 0.1) is 5.82 Å². The highest BCUT2D eigenvalue weighted by Crippen LogP contribution is 2.26. The van der Waals surface area contributed by atoms with Crippen molar-refractivity contribution in [3.63, 3.8) is 0 Å². The molecule has 1 N–H and O–H groups in total. The van der Waals surface area contributed by atoms with Gasteiger partial charge in [-0.1, -0.05) is 0 Å². The number of amides is 2. The van der Waals surface area contributed by atoms with E-state index >= 15 is 0 Å². The van der Waals surface area contributed by atoms with Gasteiger partial charge in [-0.15, -0.1) is 11.8 Å². The third kappa shape index (κ3) is 5.02. The van der Waals surface area contributed by atoms with Crippen molar-refractivity contribution in [2.45, 2.75) is 23.7 Å². The number of rotatable bonds is 7. The quantitative estimate of drug-likeness (QED) is 0.567. The predicted octanol–water partition coefficient (Wildman–Crippen LogP) is 3.16. The molecule has 1 aliphatic rings. The summed E-state index contributed by atoms with van der Waals surface area (Å²) in [6, 6.07) is 8.39. The lowest BCUT2D eigenvalue weighted by molar-refractivity contribution is -0.119. The van der Waals surface area contributed by atoms with Gasteiger partial charge in [-0.05, 0) is 30.3 Å². The number of anilines is 1. The molecule has 1 aromatic carbocycles. The van der Waals surface area contributed by atoms with Gasteiger partial charge in [-0.3, -0.25) is 14.7 Å². The zero-order valence-electron chi connectivity index (χ0n) is 16.7. The minimum atomic E-state index is -0.569. The minimum absolute atomic E-state index is 0.205. The van der Waals surface area contributed by atoms with Crippen molar-refractivity contribution in [3.8, 4) is 5.69 Å². The fourth-order valence-corrected chi connectivity index (χ4v) is 3.91. The van der Waals surface area contributed by atoms with Crippen molar-refractivity contribution < 1.29 is 18.7 Å². The molecule has 0 spiro atoms. The van der Waals surface area contributed by atoms with Gasteiger partial charge in [0.15, 0.2) is 0 Å². The average Bonchev–Trinajstić information content (AvgIpc) is 3.38. The maximum absolute atomic E-state index is 14.8. The summed E-state index contributed by atoms with van der Waals surface area (Å²) >= 11 is 1.62. The third-order valence-corrected chi connectivity index (χ3v) is 5.69. The van der Waals surface area contributed by atoms with E-state index in [1.54, 1.807) is 53.4 Å². The molecule has 1 fully saturated rings. The number of carbonyl (C=O) groups excluding carboxylic acids is 2. The number of hydrogen-bond donors (Lipinski definition) is 1. The zero-order chi connectivity index (χ0) is 21.8. The summed E-state index contributed by atoms with van der Waals surface area (Å²) in [5.41, 5.74) is 1.54. The second-order valence-electron chi connectivity index (χ2n) is 6.93. The second kappa shape index (κ2) is 9.17. The fourth-order valence-electron chi connectivity index (χ4n) is 3.13. The molecule has 160 valence electrons. The topological polar surface area (TPSA) is 89.4 Å². The molecular formula is C21H20FN5O3S. The molecule has 2 amide bonds. The summed E-state index contributed by atoms with van der Waals surface area (Å²) in [4.78, 5) is 33.9. The molecule has 1 saturated heterocycles. The highest BCUT2D eigenvalue weighted by atomic mass is 32.2. The summed E-state index contributed by atoms with van der Waals surface area (Å²) in [6.45, 7) is 1.84. The van der Waals surface area contributed by atoms with E-state index in [1.807, 2.05) is 12.1 Å². The average molecular weight is 441 g/mol. The molecular weight excluding hydrogens is 421 g/mol. The Morgan fingerprint density at radius 3 is 2.87 bits per heavy atom. The standard InChI is InChI=1S/C21H20FN5O3S/c1-14(28)24-9-17-11-27(21(29)30-17)16-2-3-20(19(22)8-16)26-10-15(25-13-26)12-31-18-4-6-23-7-5-18/h2-8,10,13,17H,9,11-12H2,1H3,(H,24,28). The number of carbonyl (C=O) groups is 2. The first-order chi connectivity index (χ1) is 15.0. The van der Waals surface area contributed by atoms with E-state index in [0.717, 1.165) is 10.6 Å². The van der Waals surface area contributed by atoms with Gasteiger partial charge in [0.1, 0.15) is 11.9 Å². The summed E-state index contributed by atoms with van der Waals surface area (Å²) < 4.78 is 21.7. The van der Waals surface area contributed by atoms with Gasteiger partial charge in [-0.2, -0.15) is 0 Å². The van der Waals surface area contributed by atoms with Crippen molar-refractivity contribution in [3.05, 3.63) is 66.8 Å². The molecule has 3 heterocycles. The van der Waals surface area contributed by atoms with Crippen LogP contribution in [0.3, 0.4) is 0 Å². The Balaban J connectivity index is 1.43. The molecule has 0 bridgehead atoms. The number of imidazole rings is 1. The first-order valence-electron chi connectivity index (χ1n) is 9.58.